The van der Waals surface area contributed by atoms with Crippen LogP contribution in [0.1, 0.15) is 36.8 Å². The van der Waals surface area contributed by atoms with Gasteiger partial charge in [-0.05, 0) is 55.0 Å². The Bertz CT molecular complexity index is 550. The minimum Gasteiger partial charge on any atom is -0.316 e. The largest absolute Gasteiger partial charge is 0.316 e. The second-order valence-electron chi connectivity index (χ2n) is 5.52. The lowest BCUT2D eigenvalue weighted by Crippen LogP contribution is -2.22. The second kappa shape index (κ2) is 7.93. The summed E-state index contributed by atoms with van der Waals surface area (Å²) in [4.78, 5) is 0. The van der Waals surface area contributed by atoms with E-state index in [2.05, 4.69) is 17.3 Å². The third-order valence-electron chi connectivity index (χ3n) is 3.68. The maximum atomic E-state index is 13.4. The molecule has 2 aromatic rings. The Hall–Kier alpha value is -1.68. The summed E-state index contributed by atoms with van der Waals surface area (Å²) in [6, 6.07) is 6.97. The van der Waals surface area contributed by atoms with Gasteiger partial charge in [-0.1, -0.05) is 19.1 Å². The highest BCUT2D eigenvalue weighted by Gasteiger charge is 2.12. The van der Waals surface area contributed by atoms with Gasteiger partial charge in [0.25, 0.3) is 0 Å². The summed E-state index contributed by atoms with van der Waals surface area (Å²) in [5.41, 5.74) is 2.30. The molecular formula is C17H24FN3. The highest BCUT2D eigenvalue weighted by Crippen LogP contribution is 2.22. The van der Waals surface area contributed by atoms with Crippen molar-refractivity contribution in [2.75, 3.05) is 13.1 Å². The molecule has 0 aliphatic carbocycles. The van der Waals surface area contributed by atoms with Crippen LogP contribution in [0.15, 0.2) is 36.7 Å². The van der Waals surface area contributed by atoms with Gasteiger partial charge >= 0.3 is 0 Å². The van der Waals surface area contributed by atoms with E-state index in [0.29, 0.717) is 5.92 Å². The van der Waals surface area contributed by atoms with E-state index in [1.807, 2.05) is 30.2 Å². The van der Waals surface area contributed by atoms with Crippen LogP contribution in [0.5, 0.6) is 0 Å². The molecule has 0 saturated carbocycles. The molecule has 0 aliphatic rings. The number of benzene rings is 1. The van der Waals surface area contributed by atoms with Crippen LogP contribution in [0.3, 0.4) is 0 Å². The van der Waals surface area contributed by atoms with Crippen LogP contribution in [-0.2, 0) is 13.5 Å². The lowest BCUT2D eigenvalue weighted by atomic mass is 9.92. The Labute approximate surface area is 126 Å². The van der Waals surface area contributed by atoms with Gasteiger partial charge in [-0.3, -0.25) is 4.68 Å². The maximum absolute atomic E-state index is 13.4. The van der Waals surface area contributed by atoms with Crippen molar-refractivity contribution in [1.29, 1.82) is 0 Å². The normalized spacial score (nSPS) is 12.5. The first-order valence-electron chi connectivity index (χ1n) is 7.62. The first kappa shape index (κ1) is 15.7. The molecule has 1 aromatic carbocycles. The molecule has 1 aromatic heterocycles. The van der Waals surface area contributed by atoms with E-state index >= 15 is 0 Å². The fourth-order valence-corrected chi connectivity index (χ4v) is 2.54. The quantitative estimate of drug-likeness (QED) is 0.756. The average molecular weight is 289 g/mol. The first-order valence-corrected chi connectivity index (χ1v) is 7.62. The first-order chi connectivity index (χ1) is 10.2. The zero-order chi connectivity index (χ0) is 15.1. The summed E-state index contributed by atoms with van der Waals surface area (Å²) >= 11 is 0. The number of aromatic nitrogens is 2. The average Bonchev–Trinajstić information content (AvgIpc) is 2.88. The Kier molecular flexibility index (Phi) is 5.93. The van der Waals surface area contributed by atoms with Crippen LogP contribution >= 0.6 is 0 Å². The van der Waals surface area contributed by atoms with Gasteiger partial charge in [0.05, 0.1) is 6.20 Å². The highest BCUT2D eigenvalue weighted by molar-refractivity contribution is 5.21. The van der Waals surface area contributed by atoms with Crippen LogP contribution in [0, 0.1) is 5.82 Å². The van der Waals surface area contributed by atoms with Crippen molar-refractivity contribution < 1.29 is 4.39 Å². The molecule has 114 valence electrons. The third kappa shape index (κ3) is 4.97. The van der Waals surface area contributed by atoms with Gasteiger partial charge in [-0.25, -0.2) is 4.39 Å². The van der Waals surface area contributed by atoms with Crippen molar-refractivity contribution >= 4 is 0 Å². The number of nitrogens with one attached hydrogen (secondary N) is 1. The maximum Gasteiger partial charge on any atom is 0.123 e. The van der Waals surface area contributed by atoms with E-state index < -0.39 is 0 Å². The van der Waals surface area contributed by atoms with Crippen LogP contribution in [0.4, 0.5) is 4.39 Å². The van der Waals surface area contributed by atoms with E-state index in [1.54, 1.807) is 12.1 Å². The number of hydrogen-bond donors (Lipinski definition) is 1. The molecule has 1 atom stereocenters. The zero-order valence-electron chi connectivity index (χ0n) is 12.8. The number of hydrogen-bond acceptors (Lipinski definition) is 2. The highest BCUT2D eigenvalue weighted by atomic mass is 19.1. The molecule has 21 heavy (non-hydrogen) atoms. The van der Waals surface area contributed by atoms with Gasteiger partial charge in [0, 0.05) is 19.8 Å². The van der Waals surface area contributed by atoms with Crippen LogP contribution in [0.2, 0.25) is 0 Å². The van der Waals surface area contributed by atoms with Gasteiger partial charge in [-0.2, -0.15) is 5.10 Å². The molecule has 1 N–H and O–H groups in total. The summed E-state index contributed by atoms with van der Waals surface area (Å²) in [5.74, 6) is 0.168. The summed E-state index contributed by atoms with van der Waals surface area (Å²) in [6.45, 7) is 4.04. The lowest BCUT2D eigenvalue weighted by Gasteiger charge is -2.18. The zero-order valence-corrected chi connectivity index (χ0v) is 12.8. The van der Waals surface area contributed by atoms with E-state index in [9.17, 15) is 4.39 Å². The molecule has 0 amide bonds. The van der Waals surface area contributed by atoms with E-state index in [1.165, 1.54) is 11.6 Å². The van der Waals surface area contributed by atoms with Crippen molar-refractivity contribution in [3.05, 3.63) is 53.6 Å². The Morgan fingerprint density at radius 2 is 2.24 bits per heavy atom. The summed E-state index contributed by atoms with van der Waals surface area (Å²) < 4.78 is 15.3. The summed E-state index contributed by atoms with van der Waals surface area (Å²) in [7, 11) is 1.93. The van der Waals surface area contributed by atoms with Crippen molar-refractivity contribution in [1.82, 2.24) is 15.1 Å². The monoisotopic (exact) mass is 289 g/mol. The second-order valence-corrected chi connectivity index (χ2v) is 5.52. The molecule has 4 heteroatoms. The minimum absolute atomic E-state index is 0.158. The van der Waals surface area contributed by atoms with E-state index in [4.69, 9.17) is 0 Å². The Morgan fingerprint density at radius 3 is 2.90 bits per heavy atom. The topological polar surface area (TPSA) is 29.9 Å². The molecule has 2 rings (SSSR count). The summed E-state index contributed by atoms with van der Waals surface area (Å²) in [5, 5.41) is 7.65. The van der Waals surface area contributed by atoms with Gasteiger partial charge in [0.1, 0.15) is 5.82 Å². The molecule has 0 bridgehead atoms. The number of halogens is 1. The van der Waals surface area contributed by atoms with Crippen molar-refractivity contribution in [3.63, 3.8) is 0 Å². The SMILES string of the molecule is CCCNCC(CCc1cnn(C)c1)c1cccc(F)c1. The van der Waals surface area contributed by atoms with Gasteiger partial charge in [-0.15, -0.1) is 0 Å². The fraction of sp³-hybridized carbons (Fsp3) is 0.471. The standard InChI is InChI=1S/C17H24FN3/c1-3-9-19-12-16(15-5-4-6-17(18)10-15)8-7-14-11-20-21(2)13-14/h4-6,10-11,13,16,19H,3,7-9,12H2,1-2H3. The van der Waals surface area contributed by atoms with Crippen LogP contribution in [0.25, 0.3) is 0 Å². The molecule has 3 nitrogen and oxygen atoms in total. The van der Waals surface area contributed by atoms with Crippen LogP contribution < -0.4 is 5.32 Å². The van der Waals surface area contributed by atoms with Crippen molar-refractivity contribution in [3.8, 4) is 0 Å². The third-order valence-corrected chi connectivity index (χ3v) is 3.68. The molecule has 1 unspecified atom stereocenters. The molecule has 0 aliphatic heterocycles. The van der Waals surface area contributed by atoms with Crippen molar-refractivity contribution in [2.45, 2.75) is 32.1 Å². The van der Waals surface area contributed by atoms with Gasteiger partial charge in [0.2, 0.25) is 0 Å². The Morgan fingerprint density at radius 1 is 1.38 bits per heavy atom. The molecule has 0 fully saturated rings. The Balaban J connectivity index is 2.00. The predicted molar refractivity (Wildman–Crippen MR) is 83.8 cm³/mol. The van der Waals surface area contributed by atoms with Gasteiger partial charge < -0.3 is 5.32 Å². The fourth-order valence-electron chi connectivity index (χ4n) is 2.54. The molecular weight excluding hydrogens is 265 g/mol. The summed E-state index contributed by atoms with van der Waals surface area (Å²) in [6.07, 6.45) is 7.01. The smallest absolute Gasteiger partial charge is 0.123 e. The lowest BCUT2D eigenvalue weighted by molar-refractivity contribution is 0.543. The predicted octanol–water partition coefficient (Wildman–Crippen LogP) is 3.28. The molecule has 0 saturated heterocycles. The number of rotatable bonds is 8. The minimum atomic E-state index is -0.158. The molecule has 0 radical (unpaired) electrons. The van der Waals surface area contributed by atoms with E-state index in [-0.39, 0.29) is 5.82 Å². The number of aryl methyl sites for hydroxylation is 2. The molecule has 1 heterocycles. The van der Waals surface area contributed by atoms with Crippen molar-refractivity contribution in [2.24, 2.45) is 7.05 Å². The van der Waals surface area contributed by atoms with Crippen LogP contribution in [-0.4, -0.2) is 22.9 Å². The van der Waals surface area contributed by atoms with Gasteiger partial charge in [0.15, 0.2) is 0 Å². The number of nitrogens with zero attached hydrogens (tertiary/aromatic N) is 2. The van der Waals surface area contributed by atoms with E-state index in [0.717, 1.165) is 37.9 Å². The molecule has 0 spiro atoms.